The van der Waals surface area contributed by atoms with Crippen LogP contribution in [0.15, 0.2) is 0 Å². The molecule has 0 aliphatic heterocycles. The van der Waals surface area contributed by atoms with E-state index >= 15 is 0 Å². The van der Waals surface area contributed by atoms with Crippen LogP contribution in [0.2, 0.25) is 0 Å². The van der Waals surface area contributed by atoms with Gasteiger partial charge in [0.15, 0.2) is 0 Å². The Morgan fingerprint density at radius 2 is 1.57 bits per heavy atom. The van der Waals surface area contributed by atoms with E-state index < -0.39 is 60.4 Å². The molecule has 162 valence electrons. The van der Waals surface area contributed by atoms with Crippen molar-refractivity contribution in [2.45, 2.75) is 64.3 Å². The average Bonchev–Trinajstić information content (AvgIpc) is 2.61. The Hall–Kier alpha value is -2.24. The van der Waals surface area contributed by atoms with Crippen molar-refractivity contribution in [3.63, 3.8) is 0 Å². The fraction of sp³-hybridized carbons (Fsp3) is 0.765. The lowest BCUT2D eigenvalue weighted by Gasteiger charge is -2.25. The fourth-order valence-electron chi connectivity index (χ4n) is 2.32. The van der Waals surface area contributed by atoms with E-state index in [1.165, 1.54) is 6.92 Å². The number of carboxylic acid groups (broad SMARTS) is 1. The molecule has 0 aromatic rings. The maximum absolute atomic E-state index is 12.3. The number of unbranched alkanes of at least 4 members (excludes halogenated alkanes) is 1. The second-order valence-electron chi connectivity index (χ2n) is 6.96. The van der Waals surface area contributed by atoms with Gasteiger partial charge >= 0.3 is 5.97 Å². The Balaban J connectivity index is 4.67. The number of hydrogen-bond donors (Lipinski definition) is 7. The minimum atomic E-state index is -1.37. The summed E-state index contributed by atoms with van der Waals surface area (Å²) in [5.41, 5.74) is 11.1. The zero-order valence-electron chi connectivity index (χ0n) is 16.6. The molecule has 0 aliphatic rings. The highest BCUT2D eigenvalue weighted by molar-refractivity contribution is 5.92. The van der Waals surface area contributed by atoms with E-state index in [9.17, 15) is 24.3 Å². The van der Waals surface area contributed by atoms with E-state index in [2.05, 4.69) is 16.0 Å². The zero-order chi connectivity index (χ0) is 21.9. The first-order valence-corrected chi connectivity index (χ1v) is 9.25. The van der Waals surface area contributed by atoms with E-state index in [1.807, 2.05) is 0 Å². The summed E-state index contributed by atoms with van der Waals surface area (Å²) in [6.45, 7) is 4.57. The first-order chi connectivity index (χ1) is 13.0. The topological polar surface area (TPSA) is 197 Å². The van der Waals surface area contributed by atoms with Crippen molar-refractivity contribution in [1.82, 2.24) is 16.0 Å². The van der Waals surface area contributed by atoms with Crippen LogP contribution in [0.25, 0.3) is 0 Å². The van der Waals surface area contributed by atoms with Crippen molar-refractivity contribution in [3.8, 4) is 0 Å². The average molecular weight is 403 g/mol. The smallest absolute Gasteiger partial charge is 0.326 e. The minimum absolute atomic E-state index is 0.396. The maximum atomic E-state index is 12.3. The minimum Gasteiger partial charge on any atom is -0.480 e. The second-order valence-corrected chi connectivity index (χ2v) is 6.96. The van der Waals surface area contributed by atoms with Gasteiger partial charge in [-0.2, -0.15) is 0 Å². The van der Waals surface area contributed by atoms with Gasteiger partial charge in [0.25, 0.3) is 0 Å². The third-order valence-electron chi connectivity index (χ3n) is 4.04. The molecule has 0 rings (SSSR count). The van der Waals surface area contributed by atoms with Gasteiger partial charge in [-0.15, -0.1) is 0 Å². The van der Waals surface area contributed by atoms with Gasteiger partial charge in [-0.05, 0) is 32.2 Å². The van der Waals surface area contributed by atoms with Crippen LogP contribution in [-0.4, -0.2) is 71.2 Å². The number of hydrogen-bond acceptors (Lipinski definition) is 7. The molecule has 11 heteroatoms. The summed E-state index contributed by atoms with van der Waals surface area (Å²) >= 11 is 0. The molecule has 28 heavy (non-hydrogen) atoms. The van der Waals surface area contributed by atoms with Crippen LogP contribution in [0.5, 0.6) is 0 Å². The van der Waals surface area contributed by atoms with E-state index in [0.717, 1.165) is 6.42 Å². The summed E-state index contributed by atoms with van der Waals surface area (Å²) < 4.78 is 0. The molecular formula is C17H33N5O6. The summed E-state index contributed by atoms with van der Waals surface area (Å²) in [6.07, 6.45) is 0.567. The van der Waals surface area contributed by atoms with Crippen LogP contribution >= 0.6 is 0 Å². The number of nitrogens with one attached hydrogen (secondary N) is 3. The summed E-state index contributed by atoms with van der Waals surface area (Å²) in [6, 6.07) is -3.32. The van der Waals surface area contributed by atoms with Gasteiger partial charge in [0, 0.05) is 0 Å². The Labute approximate surface area is 164 Å². The highest BCUT2D eigenvalue weighted by Crippen LogP contribution is 2.04. The molecule has 0 radical (unpaired) electrons. The summed E-state index contributed by atoms with van der Waals surface area (Å²) in [4.78, 5) is 47.3. The van der Waals surface area contributed by atoms with E-state index in [1.54, 1.807) is 13.8 Å². The molecule has 0 spiro atoms. The van der Waals surface area contributed by atoms with Crippen molar-refractivity contribution in [2.24, 2.45) is 17.4 Å². The Bertz CT molecular complexity index is 540. The number of aliphatic hydroxyl groups excluding tert-OH is 1. The van der Waals surface area contributed by atoms with Crippen LogP contribution in [0.3, 0.4) is 0 Å². The molecule has 9 N–H and O–H groups in total. The lowest BCUT2D eigenvalue weighted by Crippen LogP contribution is -2.58. The summed E-state index contributed by atoms with van der Waals surface area (Å²) in [7, 11) is 0. The van der Waals surface area contributed by atoms with Gasteiger partial charge in [-0.25, -0.2) is 4.79 Å². The largest absolute Gasteiger partial charge is 0.480 e. The van der Waals surface area contributed by atoms with E-state index in [0.29, 0.717) is 19.4 Å². The number of carbonyl (C=O) groups excluding carboxylic acids is 3. The Kier molecular flexibility index (Phi) is 12.0. The molecule has 0 fully saturated rings. The van der Waals surface area contributed by atoms with Crippen molar-refractivity contribution in [3.05, 3.63) is 0 Å². The summed E-state index contributed by atoms with van der Waals surface area (Å²) in [5.74, 6) is -3.70. The molecular weight excluding hydrogens is 370 g/mol. The number of carbonyl (C=O) groups is 4. The van der Waals surface area contributed by atoms with Gasteiger partial charge in [0.1, 0.15) is 12.1 Å². The number of rotatable bonds is 13. The van der Waals surface area contributed by atoms with Crippen molar-refractivity contribution < 1.29 is 29.4 Å². The van der Waals surface area contributed by atoms with Crippen molar-refractivity contribution in [1.29, 1.82) is 0 Å². The zero-order valence-corrected chi connectivity index (χ0v) is 16.6. The predicted octanol–water partition coefficient (Wildman–Crippen LogP) is -2.35. The standard InChI is InChI=1S/C17H33N5O6/c1-9(2)13(17(27)28)22-16(26)14(10(3)23)21-12(24)8-20-15(25)11(19)6-4-5-7-18/h9-11,13-14,23H,4-8,18-19H2,1-3H3,(H,20,25)(H,21,24)(H,22,26)(H,27,28). The molecule has 0 aromatic heterocycles. The SMILES string of the molecule is CC(C)C(NC(=O)C(NC(=O)CNC(=O)C(N)CCCCN)C(C)O)C(=O)O. The van der Waals surface area contributed by atoms with E-state index in [-0.39, 0.29) is 0 Å². The molecule has 0 saturated carbocycles. The fourth-order valence-corrected chi connectivity index (χ4v) is 2.32. The van der Waals surface area contributed by atoms with Crippen LogP contribution in [0.4, 0.5) is 0 Å². The molecule has 0 bridgehead atoms. The highest BCUT2D eigenvalue weighted by atomic mass is 16.4. The van der Waals surface area contributed by atoms with Gasteiger partial charge in [-0.1, -0.05) is 20.3 Å². The second kappa shape index (κ2) is 13.0. The van der Waals surface area contributed by atoms with Crippen LogP contribution in [0, 0.1) is 5.92 Å². The normalized spacial score (nSPS) is 15.2. The first-order valence-electron chi connectivity index (χ1n) is 9.25. The molecule has 0 heterocycles. The summed E-state index contributed by atoms with van der Waals surface area (Å²) in [5, 5.41) is 25.8. The number of nitrogens with two attached hydrogens (primary N) is 2. The molecule has 0 saturated heterocycles. The lowest BCUT2D eigenvalue weighted by molar-refractivity contribution is -0.144. The van der Waals surface area contributed by atoms with Crippen LogP contribution in [0.1, 0.15) is 40.0 Å². The van der Waals surface area contributed by atoms with Gasteiger partial charge < -0.3 is 37.6 Å². The van der Waals surface area contributed by atoms with Gasteiger partial charge in [-0.3, -0.25) is 14.4 Å². The molecule has 4 unspecified atom stereocenters. The monoisotopic (exact) mass is 403 g/mol. The Morgan fingerprint density at radius 3 is 2.04 bits per heavy atom. The van der Waals surface area contributed by atoms with Crippen molar-refractivity contribution >= 4 is 23.7 Å². The maximum Gasteiger partial charge on any atom is 0.326 e. The predicted molar refractivity (Wildman–Crippen MR) is 102 cm³/mol. The van der Waals surface area contributed by atoms with Crippen molar-refractivity contribution in [2.75, 3.05) is 13.1 Å². The lowest BCUT2D eigenvalue weighted by atomic mass is 10.0. The van der Waals surface area contributed by atoms with Crippen LogP contribution in [-0.2, 0) is 19.2 Å². The molecule has 11 nitrogen and oxygen atoms in total. The quantitative estimate of drug-likeness (QED) is 0.166. The van der Waals surface area contributed by atoms with Gasteiger partial charge in [0.05, 0.1) is 18.7 Å². The third-order valence-corrected chi connectivity index (χ3v) is 4.04. The number of aliphatic hydroxyl groups is 1. The van der Waals surface area contributed by atoms with Gasteiger partial charge in [0.2, 0.25) is 17.7 Å². The third kappa shape index (κ3) is 9.62. The molecule has 0 aliphatic carbocycles. The number of amides is 3. The molecule has 4 atom stereocenters. The molecule has 0 aromatic carbocycles. The highest BCUT2D eigenvalue weighted by Gasteiger charge is 2.31. The van der Waals surface area contributed by atoms with E-state index in [4.69, 9.17) is 16.6 Å². The molecule has 3 amide bonds. The first kappa shape index (κ1) is 25.8. The number of carboxylic acids is 1. The van der Waals surface area contributed by atoms with Crippen LogP contribution < -0.4 is 27.4 Å². The number of aliphatic carboxylic acids is 1. The Morgan fingerprint density at radius 1 is 0.964 bits per heavy atom.